The van der Waals surface area contributed by atoms with E-state index in [0.29, 0.717) is 26.2 Å². The average molecular weight is 365 g/mol. The Bertz CT molecular complexity index is 672. The highest BCUT2D eigenvalue weighted by molar-refractivity contribution is 6.31. The minimum absolute atomic E-state index is 0.0240. The number of rotatable bonds is 10. The first-order valence-corrected chi connectivity index (χ1v) is 8.66. The Morgan fingerprint density at radius 3 is 2.68 bits per heavy atom. The van der Waals surface area contributed by atoms with E-state index in [-0.39, 0.29) is 12.5 Å². The number of hydrogen-bond acceptors (Lipinski definition) is 3. The van der Waals surface area contributed by atoms with Crippen molar-refractivity contribution in [1.29, 1.82) is 0 Å². The fraction of sp³-hybridized carbons (Fsp3) is 0.421. The quantitative estimate of drug-likeness (QED) is 0.608. The first kappa shape index (κ1) is 19.5. The van der Waals surface area contributed by atoms with Crippen LogP contribution >= 0.6 is 11.6 Å². The number of halogens is 1. The molecule has 0 saturated carbocycles. The molecule has 0 bridgehead atoms. The van der Waals surface area contributed by atoms with Crippen molar-refractivity contribution < 1.29 is 14.3 Å². The van der Waals surface area contributed by atoms with E-state index in [2.05, 4.69) is 4.57 Å². The van der Waals surface area contributed by atoms with Crippen LogP contribution in [0.25, 0.3) is 0 Å². The van der Waals surface area contributed by atoms with Gasteiger partial charge in [0.2, 0.25) is 5.91 Å². The molecule has 0 aliphatic heterocycles. The second-order valence-electron chi connectivity index (χ2n) is 5.81. The van der Waals surface area contributed by atoms with Gasteiger partial charge in [0.05, 0.1) is 6.54 Å². The molecule has 1 aromatic carbocycles. The van der Waals surface area contributed by atoms with Gasteiger partial charge >= 0.3 is 0 Å². The lowest BCUT2D eigenvalue weighted by Crippen LogP contribution is -2.35. The predicted molar refractivity (Wildman–Crippen MR) is 98.8 cm³/mol. The maximum Gasteiger partial charge on any atom is 0.248 e. The van der Waals surface area contributed by atoms with Crippen LogP contribution in [0.15, 0.2) is 42.6 Å². The lowest BCUT2D eigenvalue weighted by Gasteiger charge is -2.23. The minimum atomic E-state index is -0.0240. The van der Waals surface area contributed by atoms with Crippen molar-refractivity contribution in [2.24, 2.45) is 0 Å². The molecule has 1 aromatic heterocycles. The number of carbonyl (C=O) groups excluding carboxylic acids is 1. The number of amides is 1. The molecule has 25 heavy (non-hydrogen) atoms. The number of ether oxygens (including phenoxy) is 2. The molecule has 0 N–H and O–H groups in total. The molecule has 2 aromatic rings. The maximum absolute atomic E-state index is 12.3. The number of benzene rings is 1. The van der Waals surface area contributed by atoms with Gasteiger partial charge in [0.1, 0.15) is 6.61 Å². The zero-order valence-electron chi connectivity index (χ0n) is 14.8. The third-order valence-electron chi connectivity index (χ3n) is 3.97. The van der Waals surface area contributed by atoms with Crippen LogP contribution in [-0.4, -0.2) is 49.4 Å². The number of nitrogens with zero attached hydrogens (tertiary/aromatic N) is 2. The van der Waals surface area contributed by atoms with Crippen molar-refractivity contribution in [2.75, 3.05) is 34.0 Å². The second kappa shape index (κ2) is 10.2. The summed E-state index contributed by atoms with van der Waals surface area (Å²) >= 11 is 6.27. The third kappa shape index (κ3) is 5.88. The normalized spacial score (nSPS) is 10.8. The van der Waals surface area contributed by atoms with Crippen LogP contribution in [0, 0.1) is 0 Å². The molecule has 0 radical (unpaired) electrons. The number of aromatic nitrogens is 1. The van der Waals surface area contributed by atoms with Gasteiger partial charge in [-0.05, 0) is 30.2 Å². The molecular formula is C19H25ClN2O3. The fourth-order valence-corrected chi connectivity index (χ4v) is 2.85. The van der Waals surface area contributed by atoms with Gasteiger partial charge in [0.25, 0.3) is 0 Å². The van der Waals surface area contributed by atoms with Crippen LogP contribution in [0.3, 0.4) is 0 Å². The van der Waals surface area contributed by atoms with Gasteiger partial charge in [-0.2, -0.15) is 0 Å². The number of methoxy groups -OCH3 is 2. The molecule has 6 heteroatoms. The van der Waals surface area contributed by atoms with Crippen LogP contribution in [0.2, 0.25) is 5.02 Å². The highest BCUT2D eigenvalue weighted by atomic mass is 35.5. The van der Waals surface area contributed by atoms with Gasteiger partial charge in [-0.1, -0.05) is 29.8 Å². The van der Waals surface area contributed by atoms with Crippen molar-refractivity contribution in [3.8, 4) is 0 Å². The Labute approximate surface area is 154 Å². The predicted octanol–water partition coefficient (Wildman–Crippen LogP) is 3.20. The summed E-state index contributed by atoms with van der Waals surface area (Å²) in [6.07, 6.45) is 2.80. The summed E-state index contributed by atoms with van der Waals surface area (Å²) < 4.78 is 12.2. The largest absolute Gasteiger partial charge is 0.385 e. The Hall–Kier alpha value is -1.82. The molecule has 2 rings (SSSR count). The van der Waals surface area contributed by atoms with Gasteiger partial charge in [0.15, 0.2) is 0 Å². The van der Waals surface area contributed by atoms with Crippen molar-refractivity contribution >= 4 is 17.5 Å². The van der Waals surface area contributed by atoms with Crippen molar-refractivity contribution in [3.05, 3.63) is 58.9 Å². The van der Waals surface area contributed by atoms with Crippen LogP contribution in [0.1, 0.15) is 17.7 Å². The van der Waals surface area contributed by atoms with E-state index >= 15 is 0 Å². The fourth-order valence-electron chi connectivity index (χ4n) is 2.66. The first-order chi connectivity index (χ1) is 12.2. The highest BCUT2D eigenvalue weighted by Crippen LogP contribution is 2.18. The van der Waals surface area contributed by atoms with E-state index < -0.39 is 0 Å². The lowest BCUT2D eigenvalue weighted by atomic mass is 10.2. The molecule has 0 unspecified atom stereocenters. The summed E-state index contributed by atoms with van der Waals surface area (Å²) in [5.74, 6) is -0.0240. The first-order valence-electron chi connectivity index (χ1n) is 8.28. The van der Waals surface area contributed by atoms with Gasteiger partial charge in [0, 0.05) is 50.8 Å². The molecule has 0 atom stereocenters. The van der Waals surface area contributed by atoms with Crippen LogP contribution in [-0.2, 0) is 27.4 Å². The van der Waals surface area contributed by atoms with E-state index in [0.717, 1.165) is 22.7 Å². The molecule has 0 aliphatic carbocycles. The zero-order chi connectivity index (χ0) is 18.1. The van der Waals surface area contributed by atoms with Crippen LogP contribution < -0.4 is 0 Å². The zero-order valence-corrected chi connectivity index (χ0v) is 15.5. The smallest absolute Gasteiger partial charge is 0.248 e. The minimum Gasteiger partial charge on any atom is -0.385 e. The van der Waals surface area contributed by atoms with Crippen molar-refractivity contribution in [2.45, 2.75) is 19.5 Å². The van der Waals surface area contributed by atoms with Crippen LogP contribution in [0.5, 0.6) is 0 Å². The van der Waals surface area contributed by atoms with Gasteiger partial charge in [-0.25, -0.2) is 0 Å². The molecule has 0 spiro atoms. The number of carbonyl (C=O) groups is 1. The Kier molecular flexibility index (Phi) is 7.98. The van der Waals surface area contributed by atoms with E-state index in [1.54, 1.807) is 12.0 Å². The molecule has 0 aliphatic rings. The van der Waals surface area contributed by atoms with E-state index in [1.165, 1.54) is 7.11 Å². The molecule has 136 valence electrons. The Morgan fingerprint density at radius 1 is 1.16 bits per heavy atom. The summed E-state index contributed by atoms with van der Waals surface area (Å²) in [6.45, 7) is 2.54. The summed E-state index contributed by atoms with van der Waals surface area (Å²) in [7, 11) is 3.20. The summed E-state index contributed by atoms with van der Waals surface area (Å²) in [6, 6.07) is 11.8. The molecule has 1 amide bonds. The molecule has 0 fully saturated rings. The summed E-state index contributed by atoms with van der Waals surface area (Å²) in [5.41, 5.74) is 2.11. The summed E-state index contributed by atoms with van der Waals surface area (Å²) in [5, 5.41) is 0.745. The van der Waals surface area contributed by atoms with E-state index in [1.807, 2.05) is 42.6 Å². The second-order valence-corrected chi connectivity index (χ2v) is 6.22. The third-order valence-corrected chi connectivity index (χ3v) is 4.34. The maximum atomic E-state index is 12.3. The topological polar surface area (TPSA) is 43.7 Å². The summed E-state index contributed by atoms with van der Waals surface area (Å²) in [4.78, 5) is 14.1. The van der Waals surface area contributed by atoms with Crippen LogP contribution in [0.4, 0.5) is 0 Å². The van der Waals surface area contributed by atoms with E-state index in [9.17, 15) is 4.79 Å². The van der Waals surface area contributed by atoms with Gasteiger partial charge in [-0.3, -0.25) is 4.79 Å². The molecule has 1 heterocycles. The molecular weight excluding hydrogens is 340 g/mol. The Morgan fingerprint density at radius 2 is 1.96 bits per heavy atom. The molecule has 0 saturated heterocycles. The standard InChI is InChI=1S/C19H25ClN2O3/c1-24-12-6-11-22(19(23)15-25-2)14-17-8-5-10-21(17)13-16-7-3-4-9-18(16)20/h3-5,7-10H,6,11-15H2,1-2H3. The van der Waals surface area contributed by atoms with Gasteiger partial charge in [-0.15, -0.1) is 0 Å². The Balaban J connectivity index is 2.09. The lowest BCUT2D eigenvalue weighted by molar-refractivity contribution is -0.136. The monoisotopic (exact) mass is 364 g/mol. The van der Waals surface area contributed by atoms with Gasteiger partial charge < -0.3 is 18.9 Å². The number of hydrogen-bond donors (Lipinski definition) is 0. The van der Waals surface area contributed by atoms with E-state index in [4.69, 9.17) is 21.1 Å². The van der Waals surface area contributed by atoms with Crippen molar-refractivity contribution in [3.63, 3.8) is 0 Å². The molecule has 5 nitrogen and oxygen atoms in total. The SMILES string of the molecule is COCCCN(Cc1cccn1Cc1ccccc1Cl)C(=O)COC. The van der Waals surface area contributed by atoms with Crippen molar-refractivity contribution in [1.82, 2.24) is 9.47 Å². The highest BCUT2D eigenvalue weighted by Gasteiger charge is 2.15. The average Bonchev–Trinajstić information content (AvgIpc) is 3.03.